The minimum atomic E-state index is -2.06. The Bertz CT molecular complexity index is 924. The van der Waals surface area contributed by atoms with Crippen LogP contribution in [0.15, 0.2) is 57.9 Å². The fourth-order valence-corrected chi connectivity index (χ4v) is 20.0. The van der Waals surface area contributed by atoms with Gasteiger partial charge in [-0.3, -0.25) is 0 Å². The van der Waals surface area contributed by atoms with Gasteiger partial charge in [-0.15, -0.1) is 0 Å². The van der Waals surface area contributed by atoms with Gasteiger partial charge < -0.3 is 0 Å². The molecule has 3 aliphatic rings. The Morgan fingerprint density at radius 2 is 1.72 bits per heavy atom. The molecule has 2 fully saturated rings. The predicted octanol–water partition coefficient (Wildman–Crippen LogP) is 3.06. The third kappa shape index (κ3) is 2.59. The Balaban J connectivity index is 1.47. The second kappa shape index (κ2) is 6.06. The first kappa shape index (κ1) is 15.8. The molecule has 3 aliphatic heterocycles. The van der Waals surface area contributed by atoms with E-state index in [1.54, 1.807) is 6.65 Å². The SMILES string of the molecule is O=C1NC(=O)C([CH]2[C]3=C(CCc4ccccc4)c4cccc[c]4[In]32)S1. The number of rotatable bonds is 4. The third-order valence-corrected chi connectivity index (χ3v) is 17.7. The van der Waals surface area contributed by atoms with Gasteiger partial charge in [0.2, 0.25) is 0 Å². The summed E-state index contributed by atoms with van der Waals surface area (Å²) in [7, 11) is 0. The molecule has 122 valence electrons. The molecule has 2 unspecified atom stereocenters. The molecule has 3 heterocycles. The van der Waals surface area contributed by atoms with Crippen molar-refractivity contribution in [2.24, 2.45) is 0 Å². The fourth-order valence-electron chi connectivity index (χ4n) is 4.37. The van der Waals surface area contributed by atoms with Gasteiger partial charge >= 0.3 is 159 Å². The van der Waals surface area contributed by atoms with Gasteiger partial charge in [0.1, 0.15) is 0 Å². The standard InChI is InChI=1S/C20H16NO2S.In/c22-19-18(24-20(23)21-19)14-13-17(16-9-5-2-6-10-16)12-11-15-7-3-1-4-8-15;/h1-9,14,18H,11-12H2,(H,21,22,23);. The van der Waals surface area contributed by atoms with Gasteiger partial charge in [-0.05, 0) is 0 Å². The average Bonchev–Trinajstić information content (AvgIpc) is 3.13. The first-order chi connectivity index (χ1) is 12.2. The number of fused-ring (bicyclic) bond motifs is 3. The van der Waals surface area contributed by atoms with Crippen molar-refractivity contribution in [2.75, 3.05) is 0 Å². The van der Waals surface area contributed by atoms with Crippen LogP contribution < -0.4 is 8.64 Å². The minimum absolute atomic E-state index is 0.0708. The van der Waals surface area contributed by atoms with Crippen LogP contribution in [0.1, 0.15) is 17.5 Å². The quantitative estimate of drug-likeness (QED) is 0.781. The van der Waals surface area contributed by atoms with Crippen molar-refractivity contribution in [3.63, 3.8) is 0 Å². The Morgan fingerprint density at radius 3 is 2.48 bits per heavy atom. The average molecular weight is 449 g/mol. The van der Waals surface area contributed by atoms with Crippen molar-refractivity contribution in [2.45, 2.75) is 21.8 Å². The Morgan fingerprint density at radius 1 is 0.960 bits per heavy atom. The monoisotopic (exact) mass is 449 g/mol. The molecule has 0 saturated carbocycles. The van der Waals surface area contributed by atoms with E-state index in [4.69, 9.17) is 0 Å². The summed E-state index contributed by atoms with van der Waals surface area (Å²) in [6, 6.07) is 19.3. The van der Waals surface area contributed by atoms with Gasteiger partial charge in [0, 0.05) is 0 Å². The van der Waals surface area contributed by atoms with Crippen molar-refractivity contribution in [1.82, 2.24) is 5.32 Å². The summed E-state index contributed by atoms with van der Waals surface area (Å²) in [5.41, 5.74) is 4.27. The predicted molar refractivity (Wildman–Crippen MR) is 102 cm³/mol. The van der Waals surface area contributed by atoms with Crippen LogP contribution in [0.2, 0.25) is 3.67 Å². The van der Waals surface area contributed by atoms with E-state index in [2.05, 4.69) is 53.8 Å². The maximum absolute atomic E-state index is 12.2. The van der Waals surface area contributed by atoms with Crippen molar-refractivity contribution in [3.05, 3.63) is 69.1 Å². The van der Waals surface area contributed by atoms with Gasteiger partial charge in [-0.2, -0.15) is 0 Å². The van der Waals surface area contributed by atoms with Gasteiger partial charge in [0.05, 0.1) is 0 Å². The molecular formula is C20H16InNO2S. The third-order valence-electron chi connectivity index (χ3n) is 5.46. The van der Waals surface area contributed by atoms with E-state index < -0.39 is 21.4 Å². The van der Waals surface area contributed by atoms with Gasteiger partial charge in [0.25, 0.3) is 0 Å². The topological polar surface area (TPSA) is 46.2 Å². The molecule has 0 radical (unpaired) electrons. The Labute approximate surface area is 158 Å². The van der Waals surface area contributed by atoms with Crippen LogP contribution >= 0.6 is 11.8 Å². The van der Waals surface area contributed by atoms with Crippen LogP contribution in [0.25, 0.3) is 5.57 Å². The normalized spacial score (nSPS) is 23.6. The number of amides is 2. The number of imide groups is 1. The van der Waals surface area contributed by atoms with E-state index in [1.807, 2.05) is 6.07 Å². The number of hydrogen-bond acceptors (Lipinski definition) is 3. The summed E-state index contributed by atoms with van der Waals surface area (Å²) in [4.78, 5) is 23.7. The zero-order valence-electron chi connectivity index (χ0n) is 13.6. The molecule has 1 N–H and O–H groups in total. The first-order valence-electron chi connectivity index (χ1n) is 8.61. The number of nitrogens with one attached hydrogen (secondary N) is 1. The number of allylic oxidation sites excluding steroid dienone is 2. The van der Waals surface area contributed by atoms with Crippen molar-refractivity contribution >= 4 is 53.2 Å². The second-order valence-electron chi connectivity index (χ2n) is 6.83. The van der Waals surface area contributed by atoms with Crippen LogP contribution in [-0.2, 0) is 11.2 Å². The van der Waals surface area contributed by atoms with Gasteiger partial charge in [0.15, 0.2) is 0 Å². The zero-order chi connectivity index (χ0) is 17.0. The van der Waals surface area contributed by atoms with E-state index in [0.717, 1.165) is 12.8 Å². The van der Waals surface area contributed by atoms with E-state index in [1.165, 1.54) is 28.5 Å². The summed E-state index contributed by atoms with van der Waals surface area (Å²) in [6.07, 6.45) is 2.06. The molecule has 5 heteroatoms. The molecule has 0 bridgehead atoms. The van der Waals surface area contributed by atoms with Crippen molar-refractivity contribution in [3.8, 4) is 0 Å². The van der Waals surface area contributed by atoms with Crippen LogP contribution in [0.3, 0.4) is 0 Å². The molecule has 2 aromatic rings. The van der Waals surface area contributed by atoms with Crippen molar-refractivity contribution < 1.29 is 9.59 Å². The molecule has 0 spiro atoms. The van der Waals surface area contributed by atoms with Gasteiger partial charge in [-0.25, -0.2) is 0 Å². The summed E-state index contributed by atoms with van der Waals surface area (Å²) in [5.74, 6) is -0.0708. The number of aryl methyl sites for hydroxylation is 1. The number of benzene rings is 2. The van der Waals surface area contributed by atoms with Crippen molar-refractivity contribution in [1.29, 1.82) is 0 Å². The molecule has 0 aromatic heterocycles. The van der Waals surface area contributed by atoms with E-state index in [9.17, 15) is 9.59 Å². The number of hydrogen-bond donors (Lipinski definition) is 1. The maximum atomic E-state index is 12.2. The van der Waals surface area contributed by atoms with Crippen LogP contribution in [0.5, 0.6) is 0 Å². The summed E-state index contributed by atoms with van der Waals surface area (Å²) in [6.45, 7) is 0. The Hall–Kier alpha value is -1.46. The molecule has 2 atom stereocenters. The van der Waals surface area contributed by atoms with Crippen LogP contribution in [-0.4, -0.2) is 37.8 Å². The summed E-state index contributed by atoms with van der Waals surface area (Å²) in [5, 5.41) is 2.13. The first-order valence-corrected chi connectivity index (χ1v) is 14.7. The second-order valence-corrected chi connectivity index (χ2v) is 16.3. The summed E-state index contributed by atoms with van der Waals surface area (Å²) >= 11 is -0.851. The zero-order valence-corrected chi connectivity index (χ0v) is 17.7. The molecular weight excluding hydrogens is 433 g/mol. The molecule has 2 amide bonds. The number of thioether (sulfide) groups is 1. The van der Waals surface area contributed by atoms with E-state index in [-0.39, 0.29) is 16.4 Å². The van der Waals surface area contributed by atoms with Crippen LogP contribution in [0, 0.1) is 0 Å². The number of carbonyl (C=O) groups excluding carboxylic acids is 2. The number of carbonyl (C=O) groups is 2. The Kier molecular flexibility index (Phi) is 3.82. The fraction of sp³-hybridized carbons (Fsp3) is 0.200. The van der Waals surface area contributed by atoms with E-state index >= 15 is 0 Å². The molecule has 2 aromatic carbocycles. The summed E-state index contributed by atoms with van der Waals surface area (Å²) < 4.78 is 3.54. The molecule has 5 rings (SSSR count). The van der Waals surface area contributed by atoms with Crippen LogP contribution in [0.4, 0.5) is 4.79 Å². The molecule has 3 nitrogen and oxygen atoms in total. The van der Waals surface area contributed by atoms with Gasteiger partial charge in [-0.1, -0.05) is 0 Å². The van der Waals surface area contributed by atoms with E-state index in [0.29, 0.717) is 3.67 Å². The molecule has 25 heavy (non-hydrogen) atoms. The molecule has 2 saturated heterocycles. The molecule has 0 aliphatic carbocycles.